The van der Waals surface area contributed by atoms with E-state index in [1.165, 1.54) is 14.6 Å². The van der Waals surface area contributed by atoms with Crippen molar-refractivity contribution in [3.8, 4) is 0 Å². The first-order valence-electron chi connectivity index (χ1n) is 0.289. The number of hydrogen-bond donors (Lipinski definition) is 0. The third-order valence-corrected chi connectivity index (χ3v) is 0. The van der Waals surface area contributed by atoms with E-state index in [0.717, 1.165) is 0 Å². The summed E-state index contributed by atoms with van der Waals surface area (Å²) in [6, 6.07) is 0. The van der Waals surface area contributed by atoms with E-state index in [1.807, 2.05) is 0 Å². The molecule has 0 radical (unpaired) electrons. The van der Waals surface area contributed by atoms with Gasteiger partial charge in [0.2, 0.25) is 0 Å². The molecule has 0 bridgehead atoms. The van der Waals surface area contributed by atoms with Crippen LogP contribution in [0.1, 0.15) is 0 Å². The molecule has 0 saturated carbocycles. The van der Waals surface area contributed by atoms with Gasteiger partial charge in [-0.1, -0.05) is 0 Å². The summed E-state index contributed by atoms with van der Waals surface area (Å²) >= 11 is 1.44. The molecule has 0 nitrogen and oxygen atoms in total. The molecule has 0 rings (SSSR count). The Labute approximate surface area is 60.6 Å². The Balaban J connectivity index is -0.00000000500. The summed E-state index contributed by atoms with van der Waals surface area (Å²) in [5, 5.41) is 0. The van der Waals surface area contributed by atoms with E-state index in [9.17, 15) is 0 Å². The van der Waals surface area contributed by atoms with Crippen LogP contribution in [-0.2, 0) is 17.1 Å². The summed E-state index contributed by atoms with van der Waals surface area (Å²) in [4.78, 5) is 0. The summed E-state index contributed by atoms with van der Waals surface area (Å²) < 4.78 is 0. The van der Waals surface area contributed by atoms with Gasteiger partial charge in [-0.15, -0.1) is 0 Å². The first-order chi connectivity index (χ1) is 1.00. The van der Waals surface area contributed by atoms with Crippen LogP contribution >= 0.6 is 10.5 Å². The van der Waals surface area contributed by atoms with Crippen LogP contribution in [0, 0.1) is 0 Å². The summed E-state index contributed by atoms with van der Waals surface area (Å²) in [7, 11) is 4.11. The topological polar surface area (TPSA) is 0 Å². The summed E-state index contributed by atoms with van der Waals surface area (Å²) in [5.41, 5.74) is 0. The zero-order valence-corrected chi connectivity index (χ0v) is 4.80. The van der Waals surface area contributed by atoms with Crippen LogP contribution in [0.3, 0.4) is 0 Å². The van der Waals surface area contributed by atoms with Gasteiger partial charge in [-0.3, -0.25) is 0 Å². The zero-order valence-electron chi connectivity index (χ0n) is 1.47. The summed E-state index contributed by atoms with van der Waals surface area (Å²) in [6.07, 6.45) is 0. The fourth-order valence-corrected chi connectivity index (χ4v) is 0. The zero-order chi connectivity index (χ0) is 2.00. The van der Waals surface area contributed by atoms with Gasteiger partial charge in [0.25, 0.3) is 0 Å². The molecule has 0 aliphatic heterocycles. The van der Waals surface area contributed by atoms with E-state index >= 15 is 0 Å². The molecule has 0 aliphatic carbocycles. The van der Waals surface area contributed by atoms with E-state index in [4.69, 9.17) is 0 Å². The van der Waals surface area contributed by atoms with Crippen LogP contribution < -0.4 is 0 Å². The Morgan fingerprint density at radius 1 is 1.25 bits per heavy atom. The molecular weight excluding hydrogens is 122 g/mol. The number of hydrogen-bond acceptors (Lipinski definition) is 1. The van der Waals surface area contributed by atoms with Crippen molar-refractivity contribution >= 4 is 44.0 Å². The molecule has 4 heteroatoms. The second-order valence-corrected chi connectivity index (χ2v) is 0. The Morgan fingerprint density at radius 2 is 1.25 bits per heavy atom. The molecule has 0 unspecified atom stereocenters. The summed E-state index contributed by atoms with van der Waals surface area (Å²) in [6.45, 7) is 0. The predicted octanol–water partition coefficient (Wildman–Crippen LogP) is -0.651. The van der Waals surface area contributed by atoms with E-state index < -0.39 is 0 Å². The average Bonchev–Trinajstić information content (AvgIpc) is 1.00. The molecule has 0 aliphatic rings. The molecule has 0 atom stereocenters. The third-order valence-electron chi connectivity index (χ3n) is 0. The monoisotopic (exact) mass is 124 g/mol. The Morgan fingerprint density at radius 3 is 1.25 bits per heavy atom. The van der Waals surface area contributed by atoms with Gasteiger partial charge < -0.3 is 0 Å². The van der Waals surface area contributed by atoms with Gasteiger partial charge in [0.05, 0.1) is 0 Å². The van der Waals surface area contributed by atoms with Gasteiger partial charge in [0.15, 0.2) is 0 Å². The van der Waals surface area contributed by atoms with Crippen molar-refractivity contribution < 1.29 is 17.1 Å². The molecule has 0 heterocycles. The van der Waals surface area contributed by atoms with Gasteiger partial charge in [-0.2, -0.15) is 0 Å². The van der Waals surface area contributed by atoms with Crippen molar-refractivity contribution in [1.82, 2.24) is 0 Å². The molecule has 0 amide bonds. The molecule has 0 saturated heterocycles. The van der Waals surface area contributed by atoms with E-state index in [-0.39, 0.29) is 35.9 Å². The minimum atomic E-state index is 0. The van der Waals surface area contributed by atoms with Crippen LogP contribution in [0.15, 0.2) is 0 Å². The van der Waals surface area contributed by atoms with Crippen molar-refractivity contribution in [1.29, 1.82) is 0 Å². The normalized spacial score (nSPS) is 0.750. The molecule has 0 aromatic rings. The van der Waals surface area contributed by atoms with Crippen LogP contribution in [0.5, 0.6) is 0 Å². The van der Waals surface area contributed by atoms with Crippen molar-refractivity contribution in [3.63, 3.8) is 0 Å². The Bertz CT molecular complexity index is 8.00. The quantitative estimate of drug-likeness (QED) is 0.386. The first-order valence-corrected chi connectivity index (χ1v) is 2.60. The van der Waals surface area contributed by atoms with Crippen LogP contribution in [0.25, 0.3) is 0 Å². The van der Waals surface area contributed by atoms with E-state index in [2.05, 4.69) is 10.5 Å². The number of rotatable bonds is 0. The van der Waals surface area contributed by atoms with Gasteiger partial charge in [0.1, 0.15) is 0 Å². The van der Waals surface area contributed by atoms with Crippen molar-refractivity contribution in [2.75, 3.05) is 0 Å². The minimum absolute atomic E-state index is 0. The molecule has 20 valence electrons. The molecule has 0 fully saturated rings. The maximum absolute atomic E-state index is 4.11. The predicted molar refractivity (Wildman–Crippen MR) is 21.9 cm³/mol. The average molecular weight is 124 g/mol. The van der Waals surface area contributed by atoms with E-state index in [0.29, 0.717) is 0 Å². The van der Waals surface area contributed by atoms with Crippen molar-refractivity contribution in [3.05, 3.63) is 0 Å². The third kappa shape index (κ3) is 9.12. The molecule has 0 spiro atoms. The Hall–Kier alpha value is 1.87. The molecular formula is H2AlFeLiS. The second kappa shape index (κ2) is 20.9. The van der Waals surface area contributed by atoms with Gasteiger partial charge >= 0.3 is 44.0 Å². The van der Waals surface area contributed by atoms with E-state index in [1.54, 1.807) is 0 Å². The van der Waals surface area contributed by atoms with Crippen molar-refractivity contribution in [2.45, 2.75) is 0 Å². The fraction of sp³-hybridized carbons (Fsp3) is 0. The first kappa shape index (κ1) is 16.9. The maximum atomic E-state index is 4.11. The standard InChI is InChI=1S/Al.Fe.Li.S.2H. The fourth-order valence-electron chi connectivity index (χ4n) is 0. The van der Waals surface area contributed by atoms with Crippen LogP contribution in [0.2, 0.25) is 0 Å². The SMILES string of the molecule is [AlH]=[S].[Fe].[LiH]. The summed E-state index contributed by atoms with van der Waals surface area (Å²) in [5.74, 6) is 0. The molecule has 0 N–H and O–H groups in total. The van der Waals surface area contributed by atoms with Crippen LogP contribution in [0.4, 0.5) is 0 Å². The van der Waals surface area contributed by atoms with Gasteiger partial charge in [-0.05, 0) is 0 Å². The molecule has 4 heavy (non-hydrogen) atoms. The Kier molecular flexibility index (Phi) is 88.2. The molecule has 0 aromatic heterocycles. The van der Waals surface area contributed by atoms with Gasteiger partial charge in [0, 0.05) is 17.1 Å². The second-order valence-electron chi connectivity index (χ2n) is 0. The molecule has 0 aromatic carbocycles. The van der Waals surface area contributed by atoms with Crippen LogP contribution in [-0.4, -0.2) is 33.5 Å². The van der Waals surface area contributed by atoms with Crippen molar-refractivity contribution in [2.24, 2.45) is 0 Å². The van der Waals surface area contributed by atoms with Gasteiger partial charge in [-0.25, -0.2) is 0 Å².